The highest BCUT2D eigenvalue weighted by molar-refractivity contribution is 7.89. The molecule has 9 nitrogen and oxygen atoms in total. The van der Waals surface area contributed by atoms with Crippen LogP contribution in [0.3, 0.4) is 0 Å². The summed E-state index contributed by atoms with van der Waals surface area (Å²) in [7, 11) is 0.276. The second kappa shape index (κ2) is 8.20. The van der Waals surface area contributed by atoms with Crippen molar-refractivity contribution in [3.05, 3.63) is 58.9 Å². The number of anilines is 1. The number of halogens is 1. The lowest BCUT2D eigenvalue weighted by Crippen LogP contribution is -2.28. The maximum absolute atomic E-state index is 13.4. The number of sulfonamides is 1. The number of benzene rings is 2. The first-order chi connectivity index (χ1) is 14.1. The predicted octanol–water partition coefficient (Wildman–Crippen LogP) is 1.43. The van der Waals surface area contributed by atoms with Crippen molar-refractivity contribution in [2.45, 2.75) is 11.4 Å². The minimum atomic E-state index is -3.82. The number of hydrogen-bond donors (Lipinski definition) is 1. The zero-order chi connectivity index (χ0) is 22.1. The van der Waals surface area contributed by atoms with E-state index >= 15 is 0 Å². The average Bonchev–Trinajstić information content (AvgIpc) is 2.70. The molecule has 11 heteroatoms. The topological polar surface area (TPSA) is 111 Å². The molecular weight excluding hydrogens is 415 g/mol. The first kappa shape index (κ1) is 21.4. The summed E-state index contributed by atoms with van der Waals surface area (Å²) in [5.41, 5.74) is -0.0546. The number of hydrogen-bond acceptors (Lipinski definition) is 6. The van der Waals surface area contributed by atoms with Crippen molar-refractivity contribution in [3.63, 3.8) is 0 Å². The van der Waals surface area contributed by atoms with Gasteiger partial charge in [0.25, 0.3) is 5.56 Å². The number of amides is 1. The van der Waals surface area contributed by atoms with Crippen molar-refractivity contribution in [2.75, 3.05) is 26.5 Å². The first-order valence-corrected chi connectivity index (χ1v) is 10.1. The molecule has 0 unspecified atom stereocenters. The molecule has 3 aromatic rings. The molecule has 0 bridgehead atoms. The highest BCUT2D eigenvalue weighted by Gasteiger charge is 2.23. The summed E-state index contributed by atoms with van der Waals surface area (Å²) in [5.74, 6) is -1.05. The van der Waals surface area contributed by atoms with Gasteiger partial charge in [-0.1, -0.05) is 0 Å². The van der Waals surface area contributed by atoms with Crippen LogP contribution in [0.25, 0.3) is 10.9 Å². The molecule has 0 saturated carbocycles. The molecule has 3 rings (SSSR count). The molecule has 0 saturated heterocycles. The van der Waals surface area contributed by atoms with Crippen LogP contribution < -0.4 is 15.6 Å². The molecule has 1 aromatic heterocycles. The fourth-order valence-electron chi connectivity index (χ4n) is 2.75. The van der Waals surface area contributed by atoms with Gasteiger partial charge in [0, 0.05) is 19.8 Å². The maximum Gasteiger partial charge on any atom is 0.261 e. The maximum atomic E-state index is 13.4. The van der Waals surface area contributed by atoms with E-state index in [1.807, 2.05) is 0 Å². The Bertz CT molecular complexity index is 1290. The fraction of sp³-hybridized carbons (Fsp3) is 0.211. The van der Waals surface area contributed by atoms with Gasteiger partial charge in [0.2, 0.25) is 15.9 Å². The number of carbonyl (C=O) groups excluding carboxylic acids is 1. The first-order valence-electron chi connectivity index (χ1n) is 8.68. The van der Waals surface area contributed by atoms with Gasteiger partial charge in [-0.3, -0.25) is 14.2 Å². The van der Waals surface area contributed by atoms with Crippen molar-refractivity contribution in [3.8, 4) is 5.75 Å². The standard InChI is InChI=1S/C19H19FN4O5S/c1-23(2)30(27,28)17-9-13(5-7-16(17)29-3)22-18(25)10-24-11-21-15-6-4-12(20)8-14(15)19(24)26/h4-9,11H,10H2,1-3H3,(H,22,25). The Morgan fingerprint density at radius 3 is 2.63 bits per heavy atom. The number of rotatable bonds is 6. The van der Waals surface area contributed by atoms with Crippen LogP contribution in [-0.2, 0) is 21.4 Å². The fourth-order valence-corrected chi connectivity index (χ4v) is 3.83. The Morgan fingerprint density at radius 1 is 1.23 bits per heavy atom. The van der Waals surface area contributed by atoms with Crippen LogP contribution in [-0.4, -0.2) is 49.4 Å². The normalized spacial score (nSPS) is 11.6. The molecule has 1 amide bonds. The van der Waals surface area contributed by atoms with Gasteiger partial charge >= 0.3 is 0 Å². The number of ether oxygens (including phenoxy) is 1. The summed E-state index contributed by atoms with van der Waals surface area (Å²) in [6.07, 6.45) is 1.19. The van der Waals surface area contributed by atoms with Crippen LogP contribution in [0.2, 0.25) is 0 Å². The zero-order valence-electron chi connectivity index (χ0n) is 16.4. The van der Waals surface area contributed by atoms with Crippen LogP contribution in [0.15, 0.2) is 52.4 Å². The molecule has 158 valence electrons. The van der Waals surface area contributed by atoms with E-state index in [2.05, 4.69) is 10.3 Å². The van der Waals surface area contributed by atoms with Gasteiger partial charge in [0.1, 0.15) is 23.0 Å². The Morgan fingerprint density at radius 2 is 1.97 bits per heavy atom. The molecule has 0 atom stereocenters. The van der Waals surface area contributed by atoms with Gasteiger partial charge in [-0.05, 0) is 36.4 Å². The molecule has 1 heterocycles. The van der Waals surface area contributed by atoms with Gasteiger partial charge in [0.15, 0.2) is 0 Å². The highest BCUT2D eigenvalue weighted by Crippen LogP contribution is 2.28. The van der Waals surface area contributed by atoms with E-state index in [9.17, 15) is 22.4 Å². The van der Waals surface area contributed by atoms with Gasteiger partial charge in [-0.2, -0.15) is 0 Å². The number of carbonyl (C=O) groups is 1. The Kier molecular flexibility index (Phi) is 5.85. The molecule has 0 spiro atoms. The molecule has 0 radical (unpaired) electrons. The number of methoxy groups -OCH3 is 1. The van der Waals surface area contributed by atoms with E-state index in [-0.39, 0.29) is 28.3 Å². The quantitative estimate of drug-likeness (QED) is 0.629. The van der Waals surface area contributed by atoms with Crippen LogP contribution in [0, 0.1) is 5.82 Å². The molecule has 1 N–H and O–H groups in total. The van der Waals surface area contributed by atoms with Crippen LogP contribution >= 0.6 is 0 Å². The summed E-state index contributed by atoms with van der Waals surface area (Å²) in [4.78, 5) is 28.8. The molecule has 0 fully saturated rings. The second-order valence-electron chi connectivity index (χ2n) is 6.54. The Balaban J connectivity index is 1.88. The van der Waals surface area contributed by atoms with Crippen molar-refractivity contribution >= 4 is 32.5 Å². The lowest BCUT2D eigenvalue weighted by molar-refractivity contribution is -0.116. The van der Waals surface area contributed by atoms with Gasteiger partial charge in [-0.25, -0.2) is 22.1 Å². The minimum Gasteiger partial charge on any atom is -0.495 e. The van der Waals surface area contributed by atoms with E-state index < -0.39 is 27.3 Å². The van der Waals surface area contributed by atoms with E-state index in [4.69, 9.17) is 4.74 Å². The lowest BCUT2D eigenvalue weighted by Gasteiger charge is -2.16. The van der Waals surface area contributed by atoms with Crippen molar-refractivity contribution < 1.29 is 22.3 Å². The Hall–Kier alpha value is -3.31. The third-order valence-corrected chi connectivity index (χ3v) is 6.14. The third-order valence-electron chi connectivity index (χ3n) is 4.31. The lowest BCUT2D eigenvalue weighted by atomic mass is 10.2. The van der Waals surface area contributed by atoms with Gasteiger partial charge in [0.05, 0.1) is 24.3 Å². The monoisotopic (exact) mass is 434 g/mol. The molecule has 0 aliphatic heterocycles. The van der Waals surface area contributed by atoms with E-state index in [0.29, 0.717) is 5.52 Å². The largest absolute Gasteiger partial charge is 0.495 e. The Labute approximate surface area is 171 Å². The second-order valence-corrected chi connectivity index (χ2v) is 8.66. The third kappa shape index (κ3) is 4.16. The predicted molar refractivity (Wildman–Crippen MR) is 108 cm³/mol. The van der Waals surface area contributed by atoms with Crippen molar-refractivity contribution in [1.29, 1.82) is 0 Å². The van der Waals surface area contributed by atoms with E-state index in [1.54, 1.807) is 0 Å². The molecule has 2 aromatic carbocycles. The molecule has 0 aliphatic rings. The summed E-state index contributed by atoms with van der Waals surface area (Å²) in [5, 5.41) is 2.59. The molecule has 0 aliphatic carbocycles. The van der Waals surface area contributed by atoms with Crippen LogP contribution in [0.4, 0.5) is 10.1 Å². The van der Waals surface area contributed by atoms with Crippen LogP contribution in [0.1, 0.15) is 0 Å². The summed E-state index contributed by atoms with van der Waals surface area (Å²) >= 11 is 0. The SMILES string of the molecule is COc1ccc(NC(=O)Cn2cnc3ccc(F)cc3c2=O)cc1S(=O)(=O)N(C)C. The summed E-state index contributed by atoms with van der Waals surface area (Å²) < 4.78 is 45.6. The average molecular weight is 434 g/mol. The number of nitrogens with zero attached hydrogens (tertiary/aromatic N) is 3. The molecular formula is C19H19FN4O5S. The van der Waals surface area contributed by atoms with E-state index in [1.165, 1.54) is 57.9 Å². The highest BCUT2D eigenvalue weighted by atomic mass is 32.2. The number of aromatic nitrogens is 2. The minimum absolute atomic E-state index is 0.0501. The molecule has 30 heavy (non-hydrogen) atoms. The van der Waals surface area contributed by atoms with Gasteiger partial charge < -0.3 is 10.1 Å². The summed E-state index contributed by atoms with van der Waals surface area (Å²) in [6, 6.07) is 7.78. The smallest absolute Gasteiger partial charge is 0.261 e. The van der Waals surface area contributed by atoms with Crippen molar-refractivity contribution in [1.82, 2.24) is 13.9 Å². The van der Waals surface area contributed by atoms with Crippen LogP contribution in [0.5, 0.6) is 5.75 Å². The van der Waals surface area contributed by atoms with E-state index in [0.717, 1.165) is 14.9 Å². The number of nitrogens with one attached hydrogen (secondary N) is 1. The zero-order valence-corrected chi connectivity index (χ0v) is 17.2. The number of fused-ring (bicyclic) bond motifs is 1. The van der Waals surface area contributed by atoms with Gasteiger partial charge in [-0.15, -0.1) is 0 Å². The van der Waals surface area contributed by atoms with Crippen molar-refractivity contribution in [2.24, 2.45) is 0 Å². The summed E-state index contributed by atoms with van der Waals surface area (Å²) in [6.45, 7) is -0.389.